The summed E-state index contributed by atoms with van der Waals surface area (Å²) in [4.78, 5) is 17.3. The molecule has 0 fully saturated rings. The summed E-state index contributed by atoms with van der Waals surface area (Å²) in [5.41, 5.74) is 2.06. The van der Waals surface area contributed by atoms with Gasteiger partial charge in [-0.2, -0.15) is 0 Å². The van der Waals surface area contributed by atoms with E-state index in [0.29, 0.717) is 30.2 Å². The van der Waals surface area contributed by atoms with Crippen molar-refractivity contribution in [1.82, 2.24) is 9.88 Å². The van der Waals surface area contributed by atoms with Gasteiger partial charge in [-0.25, -0.2) is 0 Å². The third-order valence-corrected chi connectivity index (χ3v) is 4.75. The minimum Gasteiger partial charge on any atom is -0.497 e. The number of hydrogen-bond donors (Lipinski definition) is 3. The van der Waals surface area contributed by atoms with E-state index in [0.717, 1.165) is 22.3 Å². The molecule has 3 aromatic rings. The molecule has 0 radical (unpaired) electrons. The van der Waals surface area contributed by atoms with E-state index in [1.807, 2.05) is 59.5 Å². The molecule has 6 nitrogen and oxygen atoms in total. The maximum absolute atomic E-state index is 12.6. The highest BCUT2D eigenvalue weighted by molar-refractivity contribution is 7.80. The minimum atomic E-state index is -0.158. The van der Waals surface area contributed by atoms with Gasteiger partial charge < -0.3 is 25.0 Å². The van der Waals surface area contributed by atoms with Crippen molar-refractivity contribution in [2.75, 3.05) is 25.6 Å². The first-order valence-corrected chi connectivity index (χ1v) is 9.43. The number of methoxy groups -OCH3 is 1. The van der Waals surface area contributed by atoms with Gasteiger partial charge in [0.1, 0.15) is 5.75 Å². The lowest BCUT2D eigenvalue weighted by Crippen LogP contribution is -2.37. The molecule has 0 saturated carbocycles. The van der Waals surface area contributed by atoms with E-state index < -0.39 is 0 Å². The van der Waals surface area contributed by atoms with E-state index in [1.54, 1.807) is 7.11 Å². The number of H-pyrrole nitrogens is 1. The number of aromatic amines is 1. The minimum absolute atomic E-state index is 0.0513. The molecule has 0 bridgehead atoms. The van der Waals surface area contributed by atoms with E-state index in [2.05, 4.69) is 10.3 Å². The number of ether oxygens (including phenoxy) is 1. The van der Waals surface area contributed by atoms with Crippen molar-refractivity contribution >= 4 is 33.9 Å². The van der Waals surface area contributed by atoms with Gasteiger partial charge in [-0.05, 0) is 55.0 Å². The summed E-state index contributed by atoms with van der Waals surface area (Å²) in [6.07, 6.45) is 0.552. The van der Waals surface area contributed by atoms with Gasteiger partial charge in [0.2, 0.25) is 0 Å². The van der Waals surface area contributed by atoms with Gasteiger partial charge in [0.25, 0.3) is 5.56 Å². The molecule has 2 aromatic carbocycles. The van der Waals surface area contributed by atoms with Gasteiger partial charge in [-0.1, -0.05) is 18.2 Å². The fourth-order valence-electron chi connectivity index (χ4n) is 2.92. The zero-order valence-corrected chi connectivity index (χ0v) is 16.5. The monoisotopic (exact) mass is 397 g/mol. The van der Waals surface area contributed by atoms with Gasteiger partial charge in [-0.15, -0.1) is 0 Å². The molecule has 0 spiro atoms. The number of hydrogen-bond acceptors (Lipinski definition) is 4. The second kappa shape index (κ2) is 9.34. The normalized spacial score (nSPS) is 10.6. The lowest BCUT2D eigenvalue weighted by atomic mass is 10.1. The average Bonchev–Trinajstić information content (AvgIpc) is 2.71. The lowest BCUT2D eigenvalue weighted by Gasteiger charge is -2.25. The number of anilines is 1. The largest absolute Gasteiger partial charge is 0.497 e. The van der Waals surface area contributed by atoms with Crippen LogP contribution in [0.15, 0.2) is 59.4 Å². The van der Waals surface area contributed by atoms with E-state index in [-0.39, 0.29) is 12.2 Å². The topological polar surface area (TPSA) is 77.6 Å². The summed E-state index contributed by atoms with van der Waals surface area (Å²) < 4.78 is 5.27. The number of aliphatic hydroxyl groups excluding tert-OH is 1. The number of thiocarbonyl (C=S) groups is 1. The Labute approximate surface area is 168 Å². The summed E-state index contributed by atoms with van der Waals surface area (Å²) >= 11 is 5.55. The van der Waals surface area contributed by atoms with E-state index in [9.17, 15) is 9.90 Å². The Morgan fingerprint density at radius 3 is 2.71 bits per heavy atom. The molecule has 1 aromatic heterocycles. The number of para-hydroxylation sites is 1. The van der Waals surface area contributed by atoms with E-state index in [4.69, 9.17) is 17.0 Å². The Hall–Kier alpha value is -2.90. The summed E-state index contributed by atoms with van der Waals surface area (Å²) in [6, 6.07) is 17.0. The van der Waals surface area contributed by atoms with Gasteiger partial charge in [0, 0.05) is 35.3 Å². The maximum Gasteiger partial charge on any atom is 0.253 e. The van der Waals surface area contributed by atoms with Gasteiger partial charge in [0.15, 0.2) is 5.11 Å². The van der Waals surface area contributed by atoms with Gasteiger partial charge in [0.05, 0.1) is 13.7 Å². The quantitative estimate of drug-likeness (QED) is 0.532. The first-order valence-electron chi connectivity index (χ1n) is 9.02. The van der Waals surface area contributed by atoms with Gasteiger partial charge in [-0.3, -0.25) is 4.79 Å². The van der Waals surface area contributed by atoms with Crippen molar-refractivity contribution in [3.63, 3.8) is 0 Å². The standard InChI is InChI=1S/C21H23N3O3S/c1-27-18-8-9-19-15(13-18)12-16(20(26)23-19)14-24(10-5-11-25)21(28)22-17-6-3-2-4-7-17/h2-4,6-9,12-13,25H,5,10-11,14H2,1H3,(H,22,28)(H,23,26). The molecule has 0 amide bonds. The van der Waals surface area contributed by atoms with Crippen LogP contribution in [0.4, 0.5) is 5.69 Å². The Kier molecular flexibility index (Phi) is 6.62. The summed E-state index contributed by atoms with van der Waals surface area (Å²) in [7, 11) is 1.61. The van der Waals surface area contributed by atoms with Crippen LogP contribution < -0.4 is 15.6 Å². The van der Waals surface area contributed by atoms with Crippen molar-refractivity contribution in [3.05, 3.63) is 70.5 Å². The van der Waals surface area contributed by atoms with Gasteiger partial charge >= 0.3 is 0 Å². The highest BCUT2D eigenvalue weighted by Crippen LogP contribution is 2.19. The Balaban J connectivity index is 1.86. The maximum atomic E-state index is 12.6. The first-order chi connectivity index (χ1) is 13.6. The van der Waals surface area contributed by atoms with Crippen LogP contribution in [-0.4, -0.2) is 40.4 Å². The smallest absolute Gasteiger partial charge is 0.253 e. The molecule has 28 heavy (non-hydrogen) atoms. The highest BCUT2D eigenvalue weighted by Gasteiger charge is 2.13. The van der Waals surface area contributed by atoms with Crippen molar-refractivity contribution in [1.29, 1.82) is 0 Å². The van der Waals surface area contributed by atoms with Crippen LogP contribution in [0, 0.1) is 0 Å². The number of aliphatic hydroxyl groups is 1. The van der Waals surface area contributed by atoms with E-state index in [1.165, 1.54) is 0 Å². The molecule has 1 heterocycles. The molecular formula is C21H23N3O3S. The van der Waals surface area contributed by atoms with Crippen LogP contribution in [0.2, 0.25) is 0 Å². The second-order valence-electron chi connectivity index (χ2n) is 6.37. The van der Waals surface area contributed by atoms with Crippen LogP contribution in [0.1, 0.15) is 12.0 Å². The molecule has 0 aliphatic heterocycles. The predicted octanol–water partition coefficient (Wildman–Crippen LogP) is 3.12. The second-order valence-corrected chi connectivity index (χ2v) is 6.76. The molecule has 0 atom stereocenters. The average molecular weight is 398 g/mol. The highest BCUT2D eigenvalue weighted by atomic mass is 32.1. The Morgan fingerprint density at radius 2 is 2.00 bits per heavy atom. The van der Waals surface area contributed by atoms with Crippen LogP contribution in [-0.2, 0) is 6.54 Å². The zero-order valence-electron chi connectivity index (χ0n) is 15.6. The third-order valence-electron chi connectivity index (χ3n) is 4.39. The number of rotatable bonds is 7. The molecule has 7 heteroatoms. The van der Waals surface area contributed by atoms with Crippen LogP contribution >= 0.6 is 12.2 Å². The fraction of sp³-hybridized carbons (Fsp3) is 0.238. The van der Waals surface area contributed by atoms with E-state index >= 15 is 0 Å². The summed E-state index contributed by atoms with van der Waals surface area (Å²) in [6.45, 7) is 0.918. The van der Waals surface area contributed by atoms with Crippen LogP contribution in [0.5, 0.6) is 5.75 Å². The molecular weight excluding hydrogens is 374 g/mol. The third kappa shape index (κ3) is 4.88. The number of benzene rings is 2. The predicted molar refractivity (Wildman–Crippen MR) is 116 cm³/mol. The van der Waals surface area contributed by atoms with Crippen molar-refractivity contribution in [2.45, 2.75) is 13.0 Å². The Morgan fingerprint density at radius 1 is 1.21 bits per heavy atom. The number of nitrogens with one attached hydrogen (secondary N) is 2. The molecule has 0 unspecified atom stereocenters. The molecule has 0 aliphatic carbocycles. The summed E-state index contributed by atoms with van der Waals surface area (Å²) in [5.74, 6) is 0.726. The lowest BCUT2D eigenvalue weighted by molar-refractivity contribution is 0.266. The summed E-state index contributed by atoms with van der Waals surface area (Å²) in [5, 5.41) is 13.8. The molecule has 3 rings (SSSR count). The molecule has 146 valence electrons. The van der Waals surface area contributed by atoms with Crippen LogP contribution in [0.3, 0.4) is 0 Å². The van der Waals surface area contributed by atoms with Crippen LogP contribution in [0.25, 0.3) is 10.9 Å². The fourth-order valence-corrected chi connectivity index (χ4v) is 3.19. The first kappa shape index (κ1) is 19.9. The molecule has 3 N–H and O–H groups in total. The molecule has 0 aliphatic rings. The zero-order chi connectivity index (χ0) is 19.9. The number of fused-ring (bicyclic) bond motifs is 1. The SMILES string of the molecule is COc1ccc2[nH]c(=O)c(CN(CCCO)C(=S)Nc3ccccc3)cc2c1. The Bertz CT molecular complexity index is 1000. The number of aromatic nitrogens is 1. The molecule has 0 saturated heterocycles. The van der Waals surface area contributed by atoms with Crippen molar-refractivity contribution in [2.24, 2.45) is 0 Å². The van der Waals surface area contributed by atoms with Crippen molar-refractivity contribution < 1.29 is 9.84 Å². The number of pyridine rings is 1. The van der Waals surface area contributed by atoms with Crippen molar-refractivity contribution in [3.8, 4) is 5.75 Å². The number of nitrogens with zero attached hydrogens (tertiary/aromatic N) is 1.